The number of hydrogen-bond donors (Lipinski definition) is 4. The van der Waals surface area contributed by atoms with E-state index in [9.17, 15) is 24.6 Å². The van der Waals surface area contributed by atoms with Crippen molar-refractivity contribution in [1.82, 2.24) is 10.6 Å². The van der Waals surface area contributed by atoms with E-state index in [2.05, 4.69) is 10.6 Å². The molecular weight excluding hydrogens is 484 g/mol. The Morgan fingerprint density at radius 2 is 1.76 bits per heavy atom. The van der Waals surface area contributed by atoms with E-state index in [1.807, 2.05) is 19.9 Å². The Balaban J connectivity index is 1.71. The number of carbonyl (C=O) groups excluding carboxylic acids is 3. The third kappa shape index (κ3) is 6.16. The van der Waals surface area contributed by atoms with Crippen molar-refractivity contribution in [2.45, 2.75) is 57.2 Å². The lowest BCUT2D eigenvalue weighted by Crippen LogP contribution is -2.56. The van der Waals surface area contributed by atoms with E-state index in [0.717, 1.165) is 11.1 Å². The molecule has 0 bridgehead atoms. The van der Waals surface area contributed by atoms with Crippen molar-refractivity contribution in [3.8, 4) is 17.2 Å². The van der Waals surface area contributed by atoms with E-state index >= 15 is 0 Å². The van der Waals surface area contributed by atoms with Crippen LogP contribution < -0.4 is 24.8 Å². The summed E-state index contributed by atoms with van der Waals surface area (Å²) in [4.78, 5) is 39.0. The van der Waals surface area contributed by atoms with Crippen molar-refractivity contribution in [1.29, 1.82) is 0 Å². The number of nitrogens with one attached hydrogen (secondary N) is 2. The SMILES string of the molecule is COc1cc2c(c(OC)c1OC)C[C@@H](C(=O)NC(CO)C(=O)NC(CC(C)C)C(=O)C1(CO)CO1)CC2. The lowest BCUT2D eigenvalue weighted by atomic mass is 9.82. The summed E-state index contributed by atoms with van der Waals surface area (Å²) in [7, 11) is 4.58. The molecule has 1 aromatic carbocycles. The van der Waals surface area contributed by atoms with E-state index < -0.39 is 48.5 Å². The highest BCUT2D eigenvalue weighted by molar-refractivity contribution is 5.98. The quantitative estimate of drug-likeness (QED) is 0.265. The van der Waals surface area contributed by atoms with Gasteiger partial charge in [0, 0.05) is 11.5 Å². The first-order chi connectivity index (χ1) is 17.6. The van der Waals surface area contributed by atoms with Gasteiger partial charge in [-0.05, 0) is 43.2 Å². The fourth-order valence-corrected chi connectivity index (χ4v) is 4.79. The van der Waals surface area contributed by atoms with Gasteiger partial charge in [-0.1, -0.05) is 13.8 Å². The molecule has 1 saturated heterocycles. The molecule has 2 amide bonds. The smallest absolute Gasteiger partial charge is 0.245 e. The van der Waals surface area contributed by atoms with Crippen LogP contribution in [0.25, 0.3) is 0 Å². The Bertz CT molecular complexity index is 1010. The minimum Gasteiger partial charge on any atom is -0.493 e. The molecule has 37 heavy (non-hydrogen) atoms. The Morgan fingerprint density at radius 3 is 2.27 bits per heavy atom. The third-order valence-electron chi connectivity index (χ3n) is 6.96. The van der Waals surface area contributed by atoms with Gasteiger partial charge in [-0.3, -0.25) is 14.4 Å². The number of methoxy groups -OCH3 is 3. The van der Waals surface area contributed by atoms with Gasteiger partial charge in [-0.15, -0.1) is 0 Å². The van der Waals surface area contributed by atoms with Gasteiger partial charge in [0.2, 0.25) is 17.6 Å². The molecule has 3 unspecified atom stereocenters. The number of benzene rings is 1. The number of carbonyl (C=O) groups is 3. The molecule has 1 aliphatic heterocycles. The third-order valence-corrected chi connectivity index (χ3v) is 6.96. The first kappa shape index (κ1) is 28.7. The highest BCUT2D eigenvalue weighted by Gasteiger charge is 2.54. The van der Waals surface area contributed by atoms with Gasteiger partial charge < -0.3 is 39.8 Å². The minimum absolute atomic E-state index is 0.0683. The van der Waals surface area contributed by atoms with Gasteiger partial charge in [-0.25, -0.2) is 0 Å². The molecule has 11 nitrogen and oxygen atoms in total. The molecule has 1 aliphatic carbocycles. The maximum absolute atomic E-state index is 13.2. The van der Waals surface area contributed by atoms with Gasteiger partial charge >= 0.3 is 0 Å². The molecular formula is C26H38N2O9. The molecule has 1 aromatic rings. The maximum atomic E-state index is 13.2. The zero-order valence-electron chi connectivity index (χ0n) is 22.1. The number of aryl methyl sites for hydroxylation is 1. The lowest BCUT2D eigenvalue weighted by Gasteiger charge is -2.29. The number of epoxide rings is 1. The van der Waals surface area contributed by atoms with Crippen molar-refractivity contribution in [3.05, 3.63) is 17.2 Å². The Morgan fingerprint density at radius 1 is 1.08 bits per heavy atom. The molecule has 206 valence electrons. The van der Waals surface area contributed by atoms with Gasteiger partial charge in [-0.2, -0.15) is 0 Å². The number of amides is 2. The summed E-state index contributed by atoms with van der Waals surface area (Å²) in [6, 6.07) is -0.279. The number of rotatable bonds is 13. The highest BCUT2D eigenvalue weighted by Crippen LogP contribution is 2.45. The Hall–Kier alpha value is -2.89. The van der Waals surface area contributed by atoms with E-state index in [1.54, 1.807) is 7.11 Å². The summed E-state index contributed by atoms with van der Waals surface area (Å²) in [5.74, 6) is -0.390. The second-order valence-electron chi connectivity index (χ2n) is 9.96. The summed E-state index contributed by atoms with van der Waals surface area (Å²) in [5, 5.41) is 24.7. The fraction of sp³-hybridized carbons (Fsp3) is 0.654. The molecule has 1 heterocycles. The number of ether oxygens (including phenoxy) is 4. The maximum Gasteiger partial charge on any atom is 0.245 e. The lowest BCUT2D eigenvalue weighted by molar-refractivity contribution is -0.135. The summed E-state index contributed by atoms with van der Waals surface area (Å²) in [6.07, 6.45) is 1.80. The molecule has 1 fully saturated rings. The molecule has 0 spiro atoms. The molecule has 0 saturated carbocycles. The van der Waals surface area contributed by atoms with Crippen molar-refractivity contribution in [2.75, 3.05) is 41.2 Å². The Labute approximate surface area is 216 Å². The molecule has 3 rings (SSSR count). The van der Waals surface area contributed by atoms with Crippen LogP contribution in [-0.2, 0) is 32.0 Å². The van der Waals surface area contributed by atoms with E-state index in [0.29, 0.717) is 42.9 Å². The van der Waals surface area contributed by atoms with Crippen LogP contribution in [0.4, 0.5) is 0 Å². The molecule has 2 aliphatic rings. The summed E-state index contributed by atoms with van der Waals surface area (Å²) < 4.78 is 21.6. The van der Waals surface area contributed by atoms with Crippen molar-refractivity contribution in [2.24, 2.45) is 11.8 Å². The predicted octanol–water partition coefficient (Wildman–Crippen LogP) is 0.156. The second-order valence-corrected chi connectivity index (χ2v) is 9.96. The van der Waals surface area contributed by atoms with Crippen molar-refractivity contribution in [3.63, 3.8) is 0 Å². The van der Waals surface area contributed by atoms with Crippen LogP contribution in [0.15, 0.2) is 6.07 Å². The normalized spacial score (nSPS) is 21.9. The number of aliphatic hydroxyl groups excluding tert-OH is 2. The van der Waals surface area contributed by atoms with Crippen molar-refractivity contribution < 1.29 is 43.5 Å². The molecule has 4 atom stereocenters. The zero-order chi connectivity index (χ0) is 27.3. The summed E-state index contributed by atoms with van der Waals surface area (Å²) >= 11 is 0. The van der Waals surface area contributed by atoms with E-state index in [4.69, 9.17) is 18.9 Å². The van der Waals surface area contributed by atoms with Crippen LogP contribution in [0.5, 0.6) is 17.2 Å². The number of aliphatic hydroxyl groups is 2. The number of fused-ring (bicyclic) bond motifs is 1. The van der Waals surface area contributed by atoms with Gasteiger partial charge in [0.05, 0.1) is 47.2 Å². The minimum atomic E-state index is -1.29. The van der Waals surface area contributed by atoms with Gasteiger partial charge in [0.1, 0.15) is 6.04 Å². The van der Waals surface area contributed by atoms with Gasteiger partial charge in [0.25, 0.3) is 0 Å². The van der Waals surface area contributed by atoms with Crippen LogP contribution in [0.3, 0.4) is 0 Å². The van der Waals surface area contributed by atoms with Gasteiger partial charge in [0.15, 0.2) is 22.9 Å². The predicted molar refractivity (Wildman–Crippen MR) is 133 cm³/mol. The monoisotopic (exact) mass is 522 g/mol. The number of ketones is 1. The molecule has 11 heteroatoms. The first-order valence-electron chi connectivity index (χ1n) is 12.5. The van der Waals surface area contributed by atoms with Crippen LogP contribution in [0, 0.1) is 11.8 Å². The molecule has 0 aromatic heterocycles. The Kier molecular flexibility index (Phi) is 9.38. The summed E-state index contributed by atoms with van der Waals surface area (Å²) in [6.45, 7) is 2.78. The number of hydrogen-bond acceptors (Lipinski definition) is 9. The molecule has 0 radical (unpaired) electrons. The largest absolute Gasteiger partial charge is 0.493 e. The molecule has 4 N–H and O–H groups in total. The topological polar surface area (TPSA) is 156 Å². The van der Waals surface area contributed by atoms with Crippen LogP contribution in [0.2, 0.25) is 0 Å². The highest BCUT2D eigenvalue weighted by atomic mass is 16.6. The first-order valence-corrected chi connectivity index (χ1v) is 12.5. The standard InChI is InChI=1S/C26H38N2O9/c1-14(2)8-18(23(31)26(12-30)13-37-26)27-25(33)19(11-29)28-24(32)16-7-6-15-10-20(34-3)22(36-5)21(35-4)17(15)9-16/h10,14,16,18-19,29-30H,6-9,11-13H2,1-5H3,(H,27,33)(H,28,32)/t16-,18?,19?,26?/m0/s1. The second kappa shape index (κ2) is 12.1. The van der Waals surface area contributed by atoms with Crippen LogP contribution in [0.1, 0.15) is 37.8 Å². The van der Waals surface area contributed by atoms with Crippen LogP contribution >= 0.6 is 0 Å². The zero-order valence-corrected chi connectivity index (χ0v) is 22.1. The van der Waals surface area contributed by atoms with Crippen molar-refractivity contribution >= 4 is 17.6 Å². The average Bonchev–Trinajstić information content (AvgIpc) is 3.70. The van der Waals surface area contributed by atoms with E-state index in [-0.39, 0.29) is 18.4 Å². The fourth-order valence-electron chi connectivity index (χ4n) is 4.79. The average molecular weight is 523 g/mol. The van der Waals surface area contributed by atoms with E-state index in [1.165, 1.54) is 14.2 Å². The summed E-state index contributed by atoms with van der Waals surface area (Å²) in [5.41, 5.74) is 0.534. The number of Topliss-reactive ketones (excluding diaryl/α,β-unsaturated/α-hetero) is 1. The van der Waals surface area contributed by atoms with Crippen LogP contribution in [-0.4, -0.2) is 86.6 Å².